The Labute approximate surface area is 155 Å². The van der Waals surface area contributed by atoms with Crippen LogP contribution in [0.25, 0.3) is 6.08 Å². The van der Waals surface area contributed by atoms with Crippen LogP contribution in [-0.2, 0) is 4.79 Å². The second-order valence-electron chi connectivity index (χ2n) is 5.76. The maximum absolute atomic E-state index is 12.3. The minimum Gasteiger partial charge on any atom is -0.504 e. The molecular weight excluding hydrogens is 419 g/mol. The minimum absolute atomic E-state index is 0.0597. The van der Waals surface area contributed by atoms with Crippen LogP contribution in [0, 0.1) is 14.9 Å². The summed E-state index contributed by atoms with van der Waals surface area (Å²) in [4.78, 5) is 12.3. The molecular formula is C18H21IN2O3. The molecule has 0 unspecified atom stereocenters. The van der Waals surface area contributed by atoms with E-state index in [-0.39, 0.29) is 23.3 Å². The summed E-state index contributed by atoms with van der Waals surface area (Å²) in [6.07, 6.45) is 6.91. The number of carbonyl (C=O) groups excluding carboxylic acids is 1. The van der Waals surface area contributed by atoms with E-state index < -0.39 is 0 Å². The molecule has 0 aromatic heterocycles. The van der Waals surface area contributed by atoms with E-state index in [1.165, 1.54) is 12.5 Å². The molecule has 1 aliphatic rings. The fourth-order valence-corrected chi connectivity index (χ4v) is 3.39. The van der Waals surface area contributed by atoms with Gasteiger partial charge in [0, 0.05) is 6.04 Å². The number of hydrogen-bond donors (Lipinski definition) is 2. The molecule has 0 aliphatic heterocycles. The van der Waals surface area contributed by atoms with E-state index in [0.29, 0.717) is 21.5 Å². The number of carbonyl (C=O) groups is 1. The molecule has 0 saturated heterocycles. The van der Waals surface area contributed by atoms with E-state index in [1.54, 1.807) is 12.1 Å². The van der Waals surface area contributed by atoms with Crippen LogP contribution in [-0.4, -0.2) is 23.7 Å². The van der Waals surface area contributed by atoms with Gasteiger partial charge in [0.05, 0.1) is 10.2 Å². The van der Waals surface area contributed by atoms with Gasteiger partial charge in [0.25, 0.3) is 5.91 Å². The number of rotatable bonds is 5. The topological polar surface area (TPSA) is 82.3 Å². The van der Waals surface area contributed by atoms with Crippen LogP contribution < -0.4 is 10.1 Å². The first kappa shape index (κ1) is 18.6. The van der Waals surface area contributed by atoms with Crippen molar-refractivity contribution >= 4 is 34.6 Å². The number of aromatic hydroxyl groups is 1. The number of hydrogen-bond acceptors (Lipinski definition) is 4. The lowest BCUT2D eigenvalue weighted by molar-refractivity contribution is -0.117. The molecule has 2 N–H and O–H groups in total. The number of phenols is 1. The van der Waals surface area contributed by atoms with Crippen molar-refractivity contribution in [3.05, 3.63) is 26.8 Å². The van der Waals surface area contributed by atoms with E-state index in [9.17, 15) is 15.2 Å². The van der Waals surface area contributed by atoms with Crippen molar-refractivity contribution in [2.75, 3.05) is 6.61 Å². The van der Waals surface area contributed by atoms with Crippen LogP contribution in [0.15, 0.2) is 17.7 Å². The van der Waals surface area contributed by atoms with Gasteiger partial charge < -0.3 is 15.2 Å². The number of nitriles is 1. The predicted octanol–water partition coefficient (Wildman–Crippen LogP) is 3.75. The fourth-order valence-electron chi connectivity index (χ4n) is 2.77. The number of benzene rings is 1. The lowest BCUT2D eigenvalue weighted by atomic mass is 9.95. The standard InChI is InChI=1S/C18H21IN2O3/c1-2-24-16-10-12(9-15(19)17(16)22)8-13(11-20)18(23)21-14-6-4-3-5-7-14/h8-10,14,22H,2-7H2,1H3,(H,21,23). The van der Waals surface area contributed by atoms with Crippen LogP contribution >= 0.6 is 22.6 Å². The molecule has 24 heavy (non-hydrogen) atoms. The van der Waals surface area contributed by atoms with Crippen molar-refractivity contribution in [2.45, 2.75) is 45.1 Å². The molecule has 1 fully saturated rings. The molecule has 128 valence electrons. The van der Waals surface area contributed by atoms with Crippen molar-refractivity contribution < 1.29 is 14.6 Å². The summed E-state index contributed by atoms with van der Waals surface area (Å²) in [6.45, 7) is 2.25. The molecule has 1 saturated carbocycles. The van der Waals surface area contributed by atoms with Gasteiger partial charge in [-0.3, -0.25) is 4.79 Å². The van der Waals surface area contributed by atoms with Gasteiger partial charge in [0.1, 0.15) is 11.6 Å². The predicted molar refractivity (Wildman–Crippen MR) is 101 cm³/mol. The van der Waals surface area contributed by atoms with Crippen LogP contribution in [0.4, 0.5) is 0 Å². The monoisotopic (exact) mass is 440 g/mol. The van der Waals surface area contributed by atoms with Gasteiger partial charge in [0.15, 0.2) is 11.5 Å². The van der Waals surface area contributed by atoms with Crippen molar-refractivity contribution in [3.8, 4) is 17.6 Å². The van der Waals surface area contributed by atoms with Gasteiger partial charge in [0.2, 0.25) is 0 Å². The van der Waals surface area contributed by atoms with Gasteiger partial charge in [-0.25, -0.2) is 0 Å². The normalized spacial score (nSPS) is 15.6. The van der Waals surface area contributed by atoms with E-state index in [2.05, 4.69) is 5.32 Å². The highest BCUT2D eigenvalue weighted by molar-refractivity contribution is 14.1. The average molecular weight is 440 g/mol. The van der Waals surface area contributed by atoms with Crippen molar-refractivity contribution in [3.63, 3.8) is 0 Å². The molecule has 6 heteroatoms. The molecule has 5 nitrogen and oxygen atoms in total. The third kappa shape index (κ3) is 4.87. The van der Waals surface area contributed by atoms with Crippen LogP contribution in [0.5, 0.6) is 11.5 Å². The molecule has 1 aliphatic carbocycles. The first-order chi connectivity index (χ1) is 11.5. The van der Waals surface area contributed by atoms with Crippen molar-refractivity contribution in [1.82, 2.24) is 5.32 Å². The first-order valence-corrected chi connectivity index (χ1v) is 9.21. The zero-order valence-electron chi connectivity index (χ0n) is 13.6. The summed E-state index contributed by atoms with van der Waals surface area (Å²) in [5, 5.41) is 22.2. The quantitative estimate of drug-likeness (QED) is 0.415. The zero-order chi connectivity index (χ0) is 17.5. The van der Waals surface area contributed by atoms with Gasteiger partial charge in [-0.15, -0.1) is 0 Å². The molecule has 0 radical (unpaired) electrons. The highest BCUT2D eigenvalue weighted by atomic mass is 127. The van der Waals surface area contributed by atoms with Gasteiger partial charge in [-0.1, -0.05) is 19.3 Å². The largest absolute Gasteiger partial charge is 0.504 e. The average Bonchev–Trinajstić information content (AvgIpc) is 2.58. The van der Waals surface area contributed by atoms with E-state index >= 15 is 0 Å². The highest BCUT2D eigenvalue weighted by Crippen LogP contribution is 2.33. The fraction of sp³-hybridized carbons (Fsp3) is 0.444. The molecule has 0 bridgehead atoms. The Hall–Kier alpha value is -1.75. The van der Waals surface area contributed by atoms with Crippen LogP contribution in [0.2, 0.25) is 0 Å². The Balaban J connectivity index is 2.20. The SMILES string of the molecule is CCOc1cc(C=C(C#N)C(=O)NC2CCCCC2)cc(I)c1O. The van der Waals surface area contributed by atoms with E-state index in [1.807, 2.05) is 35.6 Å². The zero-order valence-corrected chi connectivity index (χ0v) is 15.8. The summed E-state index contributed by atoms with van der Waals surface area (Å²) < 4.78 is 5.99. The lowest BCUT2D eigenvalue weighted by Crippen LogP contribution is -2.36. The maximum Gasteiger partial charge on any atom is 0.262 e. The van der Waals surface area contributed by atoms with Gasteiger partial charge in [-0.05, 0) is 66.1 Å². The molecule has 0 spiro atoms. The summed E-state index contributed by atoms with van der Waals surface area (Å²) in [7, 11) is 0. The summed E-state index contributed by atoms with van der Waals surface area (Å²) in [5.74, 6) is 0.0748. The van der Waals surface area contributed by atoms with Crippen molar-refractivity contribution in [1.29, 1.82) is 5.26 Å². The number of ether oxygens (including phenoxy) is 1. The van der Waals surface area contributed by atoms with Crippen LogP contribution in [0.1, 0.15) is 44.6 Å². The second kappa shape index (κ2) is 8.92. The lowest BCUT2D eigenvalue weighted by Gasteiger charge is -2.22. The smallest absolute Gasteiger partial charge is 0.262 e. The maximum atomic E-state index is 12.3. The van der Waals surface area contributed by atoms with Crippen molar-refractivity contribution in [2.24, 2.45) is 0 Å². The molecule has 0 atom stereocenters. The third-order valence-corrected chi connectivity index (χ3v) is 4.79. The number of amides is 1. The molecule has 1 aromatic carbocycles. The summed E-state index contributed by atoms with van der Waals surface area (Å²) in [5.41, 5.74) is 0.709. The highest BCUT2D eigenvalue weighted by Gasteiger charge is 2.18. The summed E-state index contributed by atoms with van der Waals surface area (Å²) in [6, 6.07) is 5.47. The number of nitrogens with zero attached hydrogens (tertiary/aromatic N) is 1. The number of phenolic OH excluding ortho intramolecular Hbond substituents is 1. The molecule has 0 heterocycles. The summed E-state index contributed by atoms with van der Waals surface area (Å²) >= 11 is 1.99. The van der Waals surface area contributed by atoms with E-state index in [4.69, 9.17) is 4.74 Å². The van der Waals surface area contributed by atoms with Crippen LogP contribution in [0.3, 0.4) is 0 Å². The third-order valence-electron chi connectivity index (χ3n) is 3.97. The number of nitrogens with one attached hydrogen (secondary N) is 1. The Kier molecular flexibility index (Phi) is 6.91. The number of halogens is 1. The molecule has 1 aromatic rings. The van der Waals surface area contributed by atoms with E-state index in [0.717, 1.165) is 25.7 Å². The Morgan fingerprint density at radius 3 is 2.79 bits per heavy atom. The van der Waals surface area contributed by atoms with Gasteiger partial charge >= 0.3 is 0 Å². The Morgan fingerprint density at radius 1 is 1.46 bits per heavy atom. The second-order valence-corrected chi connectivity index (χ2v) is 6.92. The Morgan fingerprint density at radius 2 is 2.17 bits per heavy atom. The molecule has 2 rings (SSSR count). The minimum atomic E-state index is -0.342. The first-order valence-electron chi connectivity index (χ1n) is 8.13. The Bertz CT molecular complexity index is 674. The van der Waals surface area contributed by atoms with Gasteiger partial charge in [-0.2, -0.15) is 5.26 Å². The molecule has 1 amide bonds.